The van der Waals surface area contributed by atoms with Crippen LogP contribution < -0.4 is 5.32 Å². The van der Waals surface area contributed by atoms with E-state index in [4.69, 9.17) is 11.6 Å². The van der Waals surface area contributed by atoms with Gasteiger partial charge in [0.05, 0.1) is 0 Å². The minimum atomic E-state index is -0.561. The number of carbonyl (C=O) groups is 2. The van der Waals surface area contributed by atoms with E-state index >= 15 is 0 Å². The molecule has 0 aliphatic rings. The third-order valence-electron chi connectivity index (χ3n) is 5.04. The summed E-state index contributed by atoms with van der Waals surface area (Å²) in [5.41, 5.74) is 3.14. The second-order valence-electron chi connectivity index (χ2n) is 7.42. The summed E-state index contributed by atoms with van der Waals surface area (Å²) in [6.45, 7) is 6.83. The highest BCUT2D eigenvalue weighted by Crippen LogP contribution is 2.19. The highest BCUT2D eigenvalue weighted by atomic mass is 35.5. The maximum absolute atomic E-state index is 13.1. The lowest BCUT2D eigenvalue weighted by Gasteiger charge is -2.29. The number of hydrogen-bond acceptors (Lipinski definition) is 2. The molecule has 0 saturated carbocycles. The van der Waals surface area contributed by atoms with E-state index in [1.54, 1.807) is 17.9 Å². The van der Waals surface area contributed by atoms with Crippen molar-refractivity contribution in [1.82, 2.24) is 10.2 Å². The van der Waals surface area contributed by atoms with Crippen molar-refractivity contribution in [1.29, 1.82) is 0 Å². The lowest BCUT2D eigenvalue weighted by Crippen LogP contribution is -2.47. The van der Waals surface area contributed by atoms with Gasteiger partial charge < -0.3 is 10.2 Å². The molecule has 0 spiro atoms. The summed E-state index contributed by atoms with van der Waals surface area (Å²) in [7, 11) is 0. The van der Waals surface area contributed by atoms with Crippen LogP contribution in [-0.4, -0.2) is 29.3 Å². The van der Waals surface area contributed by atoms with E-state index in [0.717, 1.165) is 24.0 Å². The Morgan fingerprint density at radius 2 is 1.79 bits per heavy atom. The fourth-order valence-electron chi connectivity index (χ4n) is 3.08. The largest absolute Gasteiger partial charge is 0.354 e. The normalized spacial score (nSPS) is 11.7. The number of hydrogen-bond donors (Lipinski definition) is 1. The summed E-state index contributed by atoms with van der Waals surface area (Å²) in [6, 6.07) is 15.1. The Hall–Kier alpha value is -2.33. The molecule has 2 rings (SSSR count). The molecule has 0 radical (unpaired) electrons. The van der Waals surface area contributed by atoms with Gasteiger partial charge in [-0.3, -0.25) is 9.59 Å². The Kier molecular flexibility index (Phi) is 9.20. The van der Waals surface area contributed by atoms with Crippen molar-refractivity contribution >= 4 is 23.4 Å². The van der Waals surface area contributed by atoms with Gasteiger partial charge in [0, 0.05) is 24.5 Å². The van der Waals surface area contributed by atoms with E-state index in [2.05, 4.69) is 12.2 Å². The number of halogens is 1. The maximum Gasteiger partial charge on any atom is 0.242 e. The molecule has 4 nitrogen and oxygen atoms in total. The SMILES string of the molecule is CCCCNC(=O)[C@@H](C)N(Cc1ccccc1Cl)C(=O)CCc1ccc(C)cc1. The zero-order valence-electron chi connectivity index (χ0n) is 17.6. The van der Waals surface area contributed by atoms with Gasteiger partial charge in [0.1, 0.15) is 6.04 Å². The van der Waals surface area contributed by atoms with Gasteiger partial charge in [0.25, 0.3) is 0 Å². The van der Waals surface area contributed by atoms with Crippen molar-refractivity contribution in [3.63, 3.8) is 0 Å². The number of carbonyl (C=O) groups excluding carboxylic acids is 2. The van der Waals surface area contributed by atoms with Gasteiger partial charge in [-0.1, -0.05) is 73.0 Å². The first-order chi connectivity index (χ1) is 13.9. The predicted octanol–water partition coefficient (Wildman–Crippen LogP) is 4.91. The molecule has 2 aromatic rings. The van der Waals surface area contributed by atoms with Crippen LogP contribution >= 0.6 is 11.6 Å². The minimum Gasteiger partial charge on any atom is -0.354 e. The molecule has 0 aliphatic heterocycles. The van der Waals surface area contributed by atoms with Gasteiger partial charge >= 0.3 is 0 Å². The van der Waals surface area contributed by atoms with Crippen LogP contribution in [0.4, 0.5) is 0 Å². The van der Waals surface area contributed by atoms with Gasteiger partial charge in [-0.05, 0) is 43.9 Å². The van der Waals surface area contributed by atoms with Crippen LogP contribution in [0, 0.1) is 6.92 Å². The van der Waals surface area contributed by atoms with Gasteiger partial charge in [0.2, 0.25) is 11.8 Å². The minimum absolute atomic E-state index is 0.0522. The van der Waals surface area contributed by atoms with Crippen LogP contribution in [0.1, 0.15) is 49.8 Å². The maximum atomic E-state index is 13.1. The quantitative estimate of drug-likeness (QED) is 0.561. The lowest BCUT2D eigenvalue weighted by molar-refractivity contribution is -0.140. The number of nitrogens with one attached hydrogen (secondary N) is 1. The summed E-state index contributed by atoms with van der Waals surface area (Å²) < 4.78 is 0. The molecular weight excluding hydrogens is 384 g/mol. The van der Waals surface area contributed by atoms with Crippen LogP contribution in [0.5, 0.6) is 0 Å². The van der Waals surface area contributed by atoms with Crippen LogP contribution in [0.2, 0.25) is 5.02 Å². The molecule has 0 fully saturated rings. The zero-order valence-corrected chi connectivity index (χ0v) is 18.3. The van der Waals surface area contributed by atoms with Crippen molar-refractivity contribution in [3.8, 4) is 0 Å². The number of benzene rings is 2. The Balaban J connectivity index is 2.11. The highest BCUT2D eigenvalue weighted by Gasteiger charge is 2.26. The molecule has 2 amide bonds. The summed E-state index contributed by atoms with van der Waals surface area (Å²) in [5, 5.41) is 3.53. The standard InChI is InChI=1S/C24H31ClN2O2/c1-4-5-16-26-24(29)19(3)27(17-21-8-6-7-9-22(21)25)23(28)15-14-20-12-10-18(2)11-13-20/h6-13,19H,4-5,14-17H2,1-3H3,(H,26,29)/t19-/m1/s1. The van der Waals surface area contributed by atoms with E-state index in [1.165, 1.54) is 5.56 Å². The first-order valence-electron chi connectivity index (χ1n) is 10.3. The Bertz CT molecular complexity index is 805. The first-order valence-corrected chi connectivity index (χ1v) is 10.7. The van der Waals surface area contributed by atoms with Gasteiger partial charge in [0.15, 0.2) is 0 Å². The number of unbranched alkanes of at least 4 members (excludes halogenated alkanes) is 1. The molecular formula is C24H31ClN2O2. The molecule has 0 unspecified atom stereocenters. The summed E-state index contributed by atoms with van der Waals surface area (Å²) in [4.78, 5) is 27.3. The monoisotopic (exact) mass is 414 g/mol. The Morgan fingerprint density at radius 3 is 2.45 bits per heavy atom. The highest BCUT2D eigenvalue weighted by molar-refractivity contribution is 6.31. The second kappa shape index (κ2) is 11.6. The third kappa shape index (κ3) is 7.21. The van der Waals surface area contributed by atoms with E-state index < -0.39 is 6.04 Å². The molecule has 156 valence electrons. The molecule has 29 heavy (non-hydrogen) atoms. The molecule has 0 bridgehead atoms. The number of nitrogens with zero attached hydrogens (tertiary/aromatic N) is 1. The van der Waals surface area contributed by atoms with Crippen molar-refractivity contribution < 1.29 is 9.59 Å². The average Bonchev–Trinajstić information content (AvgIpc) is 2.72. The first kappa shape index (κ1) is 23.0. The van der Waals surface area contributed by atoms with Crippen molar-refractivity contribution in [2.24, 2.45) is 0 Å². The van der Waals surface area contributed by atoms with Crippen LogP contribution in [-0.2, 0) is 22.6 Å². The molecule has 0 aliphatic carbocycles. The van der Waals surface area contributed by atoms with E-state index in [0.29, 0.717) is 31.0 Å². The van der Waals surface area contributed by atoms with Gasteiger partial charge in [-0.2, -0.15) is 0 Å². The summed E-state index contributed by atoms with van der Waals surface area (Å²) in [5.74, 6) is -0.183. The fourth-order valence-corrected chi connectivity index (χ4v) is 3.27. The molecule has 1 atom stereocenters. The van der Waals surface area contributed by atoms with E-state index in [9.17, 15) is 9.59 Å². The van der Waals surface area contributed by atoms with E-state index in [1.807, 2.05) is 49.4 Å². The predicted molar refractivity (Wildman–Crippen MR) is 119 cm³/mol. The van der Waals surface area contributed by atoms with Crippen LogP contribution in [0.15, 0.2) is 48.5 Å². The van der Waals surface area contributed by atoms with Crippen LogP contribution in [0.25, 0.3) is 0 Å². The summed E-state index contributed by atoms with van der Waals surface area (Å²) in [6.07, 6.45) is 2.92. The van der Waals surface area contributed by atoms with Crippen molar-refractivity contribution in [3.05, 3.63) is 70.2 Å². The van der Waals surface area contributed by atoms with Crippen LogP contribution in [0.3, 0.4) is 0 Å². The zero-order chi connectivity index (χ0) is 21.2. The molecule has 5 heteroatoms. The fraction of sp³-hybridized carbons (Fsp3) is 0.417. The smallest absolute Gasteiger partial charge is 0.242 e. The molecule has 0 saturated heterocycles. The number of aryl methyl sites for hydroxylation is 2. The Morgan fingerprint density at radius 1 is 1.10 bits per heavy atom. The number of amides is 2. The molecule has 0 aromatic heterocycles. The Labute approximate surface area is 179 Å². The van der Waals surface area contributed by atoms with Crippen molar-refractivity contribution in [2.45, 2.75) is 59.0 Å². The topological polar surface area (TPSA) is 49.4 Å². The third-order valence-corrected chi connectivity index (χ3v) is 5.41. The van der Waals surface area contributed by atoms with Gasteiger partial charge in [-0.25, -0.2) is 0 Å². The lowest BCUT2D eigenvalue weighted by atomic mass is 10.1. The molecule has 0 heterocycles. The number of rotatable bonds is 10. The average molecular weight is 415 g/mol. The molecule has 1 N–H and O–H groups in total. The summed E-state index contributed by atoms with van der Waals surface area (Å²) >= 11 is 6.31. The van der Waals surface area contributed by atoms with Crippen molar-refractivity contribution in [2.75, 3.05) is 6.54 Å². The molecule has 2 aromatic carbocycles. The second-order valence-corrected chi connectivity index (χ2v) is 7.83. The van der Waals surface area contributed by atoms with E-state index in [-0.39, 0.29) is 11.8 Å². The van der Waals surface area contributed by atoms with Gasteiger partial charge in [-0.15, -0.1) is 0 Å².